The average Bonchev–Trinajstić information content (AvgIpc) is 2.44. The summed E-state index contributed by atoms with van der Waals surface area (Å²) in [5.41, 5.74) is 2.70. The molecule has 0 amide bonds. The second-order valence-corrected chi connectivity index (χ2v) is 6.01. The van der Waals surface area contributed by atoms with E-state index >= 15 is 0 Å². The number of hydrogen-bond donors (Lipinski definition) is 1. The minimum atomic E-state index is -0.145. The predicted molar refractivity (Wildman–Crippen MR) is 85.4 cm³/mol. The summed E-state index contributed by atoms with van der Waals surface area (Å²) in [7, 11) is 0. The molecule has 112 valence electrons. The quantitative estimate of drug-likeness (QED) is 0.809. The lowest BCUT2D eigenvalue weighted by Crippen LogP contribution is -2.46. The Kier molecular flexibility index (Phi) is 5.86. The summed E-state index contributed by atoms with van der Waals surface area (Å²) in [4.78, 5) is 5.04. The van der Waals surface area contributed by atoms with Gasteiger partial charge in [0.1, 0.15) is 0 Å². The van der Waals surface area contributed by atoms with Gasteiger partial charge >= 0.3 is 0 Å². The monoisotopic (exact) mass is 276 g/mol. The van der Waals surface area contributed by atoms with Gasteiger partial charge in [-0.3, -0.25) is 4.90 Å². The summed E-state index contributed by atoms with van der Waals surface area (Å²) in [6.45, 7) is 9.77. The molecule has 1 aromatic carbocycles. The van der Waals surface area contributed by atoms with E-state index in [1.807, 2.05) is 6.92 Å². The van der Waals surface area contributed by atoms with Gasteiger partial charge in [-0.2, -0.15) is 0 Å². The van der Waals surface area contributed by atoms with Crippen LogP contribution in [0, 0.1) is 6.92 Å². The molecule has 0 aromatic heterocycles. The molecule has 1 fully saturated rings. The van der Waals surface area contributed by atoms with E-state index in [0.29, 0.717) is 0 Å². The number of aliphatic hydroxyl groups is 1. The smallest absolute Gasteiger partial charge is 0.0512 e. The molecule has 20 heavy (non-hydrogen) atoms. The molecule has 0 aliphatic carbocycles. The summed E-state index contributed by atoms with van der Waals surface area (Å²) in [6, 6.07) is 8.79. The number of benzene rings is 1. The Morgan fingerprint density at radius 3 is 2.55 bits per heavy atom. The normalized spacial score (nSPS) is 18.2. The molecule has 1 N–H and O–H groups in total. The van der Waals surface area contributed by atoms with E-state index in [-0.39, 0.29) is 6.10 Å². The first-order valence-corrected chi connectivity index (χ1v) is 7.87. The maximum atomic E-state index is 9.25. The Balaban J connectivity index is 1.70. The molecule has 0 bridgehead atoms. The standard InChI is InChI=1S/C17H28N2O/c1-15-6-5-8-17(14-15)19-12-10-18(11-13-19)9-4-3-7-16(2)20/h5-6,8,14,16,20H,3-4,7,9-13H2,1-2H3. The van der Waals surface area contributed by atoms with Gasteiger partial charge in [0.15, 0.2) is 0 Å². The minimum Gasteiger partial charge on any atom is -0.393 e. The Morgan fingerprint density at radius 1 is 1.15 bits per heavy atom. The molecular formula is C17H28N2O. The van der Waals surface area contributed by atoms with E-state index in [2.05, 4.69) is 41.0 Å². The summed E-state index contributed by atoms with van der Waals surface area (Å²) in [6.07, 6.45) is 3.13. The van der Waals surface area contributed by atoms with E-state index in [0.717, 1.165) is 39.0 Å². The lowest BCUT2D eigenvalue weighted by Gasteiger charge is -2.36. The van der Waals surface area contributed by atoms with Crippen LogP contribution in [-0.4, -0.2) is 48.8 Å². The number of hydrogen-bond acceptors (Lipinski definition) is 3. The second-order valence-electron chi connectivity index (χ2n) is 6.01. The molecule has 1 atom stereocenters. The Morgan fingerprint density at radius 2 is 1.90 bits per heavy atom. The first-order valence-electron chi connectivity index (χ1n) is 7.87. The van der Waals surface area contributed by atoms with Crippen LogP contribution in [0.25, 0.3) is 0 Å². The van der Waals surface area contributed by atoms with Crippen molar-refractivity contribution in [3.05, 3.63) is 29.8 Å². The Hall–Kier alpha value is -1.06. The lowest BCUT2D eigenvalue weighted by atomic mass is 10.1. The molecule has 0 saturated carbocycles. The highest BCUT2D eigenvalue weighted by molar-refractivity contribution is 5.48. The van der Waals surface area contributed by atoms with Crippen LogP contribution in [0.5, 0.6) is 0 Å². The highest BCUT2D eigenvalue weighted by Gasteiger charge is 2.16. The second kappa shape index (κ2) is 7.65. The van der Waals surface area contributed by atoms with Crippen LogP contribution in [-0.2, 0) is 0 Å². The maximum absolute atomic E-state index is 9.25. The van der Waals surface area contributed by atoms with E-state index in [1.165, 1.54) is 24.2 Å². The van der Waals surface area contributed by atoms with Crippen molar-refractivity contribution in [1.82, 2.24) is 4.90 Å². The van der Waals surface area contributed by atoms with Crippen LogP contribution in [0.3, 0.4) is 0 Å². The topological polar surface area (TPSA) is 26.7 Å². The molecule has 1 aliphatic heterocycles. The number of nitrogens with zero attached hydrogens (tertiary/aromatic N) is 2. The van der Waals surface area contributed by atoms with Gasteiger partial charge in [0.2, 0.25) is 0 Å². The van der Waals surface area contributed by atoms with Crippen LogP contribution >= 0.6 is 0 Å². The fourth-order valence-corrected chi connectivity index (χ4v) is 2.83. The summed E-state index contributed by atoms with van der Waals surface area (Å²) in [5, 5.41) is 9.25. The summed E-state index contributed by atoms with van der Waals surface area (Å²) < 4.78 is 0. The third-order valence-electron chi connectivity index (χ3n) is 4.09. The average molecular weight is 276 g/mol. The number of aryl methyl sites for hydroxylation is 1. The van der Waals surface area contributed by atoms with Crippen LogP contribution in [0.4, 0.5) is 5.69 Å². The van der Waals surface area contributed by atoms with Crippen LogP contribution < -0.4 is 4.90 Å². The van der Waals surface area contributed by atoms with Crippen molar-refractivity contribution in [2.45, 2.75) is 39.2 Å². The zero-order valence-corrected chi connectivity index (χ0v) is 12.9. The fraction of sp³-hybridized carbons (Fsp3) is 0.647. The van der Waals surface area contributed by atoms with Crippen molar-refractivity contribution in [3.63, 3.8) is 0 Å². The van der Waals surface area contributed by atoms with Gasteiger partial charge in [-0.25, -0.2) is 0 Å². The third-order valence-corrected chi connectivity index (χ3v) is 4.09. The van der Waals surface area contributed by atoms with E-state index < -0.39 is 0 Å². The zero-order valence-electron chi connectivity index (χ0n) is 12.9. The van der Waals surface area contributed by atoms with Gasteiger partial charge in [-0.15, -0.1) is 0 Å². The molecule has 2 rings (SSSR count). The Labute approximate surface area is 123 Å². The molecule has 3 heteroatoms. The molecule has 0 radical (unpaired) electrons. The van der Waals surface area contributed by atoms with Crippen LogP contribution in [0.2, 0.25) is 0 Å². The first kappa shape index (κ1) is 15.3. The minimum absolute atomic E-state index is 0.145. The van der Waals surface area contributed by atoms with Gasteiger partial charge in [0.25, 0.3) is 0 Å². The van der Waals surface area contributed by atoms with Crippen molar-refractivity contribution in [3.8, 4) is 0 Å². The summed E-state index contributed by atoms with van der Waals surface area (Å²) >= 11 is 0. The van der Waals surface area contributed by atoms with E-state index in [9.17, 15) is 5.11 Å². The van der Waals surface area contributed by atoms with Crippen molar-refractivity contribution >= 4 is 5.69 Å². The molecule has 1 aliphatic rings. The molecule has 1 unspecified atom stereocenters. The van der Waals surface area contributed by atoms with E-state index in [1.54, 1.807) is 0 Å². The maximum Gasteiger partial charge on any atom is 0.0512 e. The SMILES string of the molecule is Cc1cccc(N2CCN(CCCCC(C)O)CC2)c1. The number of rotatable bonds is 6. The zero-order chi connectivity index (χ0) is 14.4. The third kappa shape index (κ3) is 4.80. The highest BCUT2D eigenvalue weighted by atomic mass is 16.3. The van der Waals surface area contributed by atoms with Gasteiger partial charge in [0.05, 0.1) is 6.10 Å². The molecular weight excluding hydrogens is 248 g/mol. The summed E-state index contributed by atoms with van der Waals surface area (Å²) in [5.74, 6) is 0. The Bertz CT molecular complexity index is 398. The highest BCUT2D eigenvalue weighted by Crippen LogP contribution is 2.18. The van der Waals surface area contributed by atoms with Gasteiger partial charge in [-0.1, -0.05) is 12.1 Å². The first-order chi connectivity index (χ1) is 9.65. The fourth-order valence-electron chi connectivity index (χ4n) is 2.83. The van der Waals surface area contributed by atoms with Crippen molar-refractivity contribution in [2.75, 3.05) is 37.6 Å². The number of unbranched alkanes of at least 4 members (excludes halogenated alkanes) is 1. The van der Waals surface area contributed by atoms with Gasteiger partial charge in [0, 0.05) is 31.9 Å². The largest absolute Gasteiger partial charge is 0.393 e. The number of aliphatic hydroxyl groups excluding tert-OH is 1. The molecule has 1 heterocycles. The number of anilines is 1. The lowest BCUT2D eigenvalue weighted by molar-refractivity contribution is 0.176. The van der Waals surface area contributed by atoms with Gasteiger partial charge in [-0.05, 0) is 57.4 Å². The number of piperazine rings is 1. The molecule has 0 spiro atoms. The van der Waals surface area contributed by atoms with Crippen LogP contribution in [0.1, 0.15) is 31.7 Å². The molecule has 1 saturated heterocycles. The van der Waals surface area contributed by atoms with Crippen LogP contribution in [0.15, 0.2) is 24.3 Å². The molecule has 1 aromatic rings. The predicted octanol–water partition coefficient (Wildman–Crippen LogP) is 2.67. The van der Waals surface area contributed by atoms with Gasteiger partial charge < -0.3 is 10.0 Å². The van der Waals surface area contributed by atoms with E-state index in [4.69, 9.17) is 0 Å². The molecule has 3 nitrogen and oxygen atoms in total. The van der Waals surface area contributed by atoms with Crippen molar-refractivity contribution in [2.24, 2.45) is 0 Å². The van der Waals surface area contributed by atoms with Crippen molar-refractivity contribution in [1.29, 1.82) is 0 Å². The van der Waals surface area contributed by atoms with Crippen molar-refractivity contribution < 1.29 is 5.11 Å².